The summed E-state index contributed by atoms with van der Waals surface area (Å²) < 4.78 is 5.88. The Labute approximate surface area is 133 Å². The first-order chi connectivity index (χ1) is 10.1. The summed E-state index contributed by atoms with van der Waals surface area (Å²) in [7, 11) is 0. The molecule has 2 heteroatoms. The van der Waals surface area contributed by atoms with Crippen molar-refractivity contribution in [2.24, 2.45) is 5.41 Å². The summed E-state index contributed by atoms with van der Waals surface area (Å²) in [5, 5.41) is 3.65. The van der Waals surface area contributed by atoms with Crippen molar-refractivity contribution in [1.29, 1.82) is 0 Å². The van der Waals surface area contributed by atoms with Crippen LogP contribution in [-0.2, 0) is 4.74 Å². The Hall–Kier alpha value is -0.0800. The largest absolute Gasteiger partial charge is 0.378 e. The van der Waals surface area contributed by atoms with Crippen molar-refractivity contribution >= 4 is 0 Å². The van der Waals surface area contributed by atoms with Crippen molar-refractivity contribution in [1.82, 2.24) is 5.32 Å². The topological polar surface area (TPSA) is 21.3 Å². The van der Waals surface area contributed by atoms with Crippen molar-refractivity contribution in [3.05, 3.63) is 0 Å². The van der Waals surface area contributed by atoms with Crippen LogP contribution in [0.25, 0.3) is 0 Å². The molecule has 0 aliphatic carbocycles. The molecule has 1 aliphatic heterocycles. The first-order valence-electron chi connectivity index (χ1n) is 9.46. The van der Waals surface area contributed by atoms with E-state index in [9.17, 15) is 0 Å². The minimum absolute atomic E-state index is 0.395. The molecule has 0 aromatic rings. The van der Waals surface area contributed by atoms with Crippen molar-refractivity contribution < 1.29 is 4.74 Å². The molecule has 1 fully saturated rings. The zero-order chi connectivity index (χ0) is 15.6. The Balaban J connectivity index is 2.18. The van der Waals surface area contributed by atoms with E-state index in [2.05, 4.69) is 33.0 Å². The standard InChI is InChI=1S/C19H39NO/c1-5-6-7-8-9-10-11-12-13-19(16-20-17(2)3)14-15-21-18(19)4/h17-18,20H,5-16H2,1-4H3. The second kappa shape index (κ2) is 10.6. The van der Waals surface area contributed by atoms with Crippen molar-refractivity contribution in [2.75, 3.05) is 13.2 Å². The first-order valence-corrected chi connectivity index (χ1v) is 9.46. The first kappa shape index (κ1) is 19.0. The Morgan fingerprint density at radius 1 is 1.05 bits per heavy atom. The molecule has 0 radical (unpaired) electrons. The fraction of sp³-hybridized carbons (Fsp3) is 1.00. The predicted octanol–water partition coefficient (Wildman–Crippen LogP) is 5.31. The number of ether oxygens (including phenoxy) is 1. The normalized spacial score (nSPS) is 25.9. The summed E-state index contributed by atoms with van der Waals surface area (Å²) in [5.74, 6) is 0. The van der Waals surface area contributed by atoms with Gasteiger partial charge in [0.2, 0.25) is 0 Å². The molecule has 0 amide bonds. The van der Waals surface area contributed by atoms with Crippen LogP contribution in [0.15, 0.2) is 0 Å². The fourth-order valence-electron chi connectivity index (χ4n) is 3.49. The van der Waals surface area contributed by atoms with Gasteiger partial charge in [-0.3, -0.25) is 0 Å². The average Bonchev–Trinajstić information content (AvgIpc) is 2.81. The predicted molar refractivity (Wildman–Crippen MR) is 92.8 cm³/mol. The molecular formula is C19H39NO. The molecule has 1 heterocycles. The van der Waals surface area contributed by atoms with Gasteiger partial charge >= 0.3 is 0 Å². The van der Waals surface area contributed by atoms with E-state index in [1.807, 2.05) is 0 Å². The third kappa shape index (κ3) is 7.15. The van der Waals surface area contributed by atoms with E-state index in [1.54, 1.807) is 0 Å². The van der Waals surface area contributed by atoms with E-state index in [0.29, 0.717) is 17.6 Å². The van der Waals surface area contributed by atoms with Crippen LogP contribution >= 0.6 is 0 Å². The zero-order valence-electron chi connectivity index (χ0n) is 15.0. The molecule has 2 unspecified atom stereocenters. The summed E-state index contributed by atoms with van der Waals surface area (Å²) in [6.07, 6.45) is 14.3. The third-order valence-corrected chi connectivity index (χ3v) is 5.22. The number of hydrogen-bond acceptors (Lipinski definition) is 2. The highest BCUT2D eigenvalue weighted by Gasteiger charge is 2.40. The summed E-state index contributed by atoms with van der Waals surface area (Å²) in [6.45, 7) is 11.1. The van der Waals surface area contributed by atoms with Crippen molar-refractivity contribution in [2.45, 2.75) is 104 Å². The van der Waals surface area contributed by atoms with E-state index in [1.165, 1.54) is 64.2 Å². The van der Waals surface area contributed by atoms with Gasteiger partial charge in [0, 0.05) is 24.6 Å². The Morgan fingerprint density at radius 2 is 1.67 bits per heavy atom. The molecule has 1 rings (SSSR count). The van der Waals surface area contributed by atoms with Gasteiger partial charge in [-0.2, -0.15) is 0 Å². The van der Waals surface area contributed by atoms with Gasteiger partial charge in [-0.1, -0.05) is 72.1 Å². The molecule has 0 aromatic heterocycles. The average molecular weight is 298 g/mol. The van der Waals surface area contributed by atoms with E-state index in [4.69, 9.17) is 4.74 Å². The van der Waals surface area contributed by atoms with E-state index in [0.717, 1.165) is 13.2 Å². The van der Waals surface area contributed by atoms with Gasteiger partial charge in [-0.05, 0) is 19.8 Å². The zero-order valence-corrected chi connectivity index (χ0v) is 15.0. The summed E-state index contributed by atoms with van der Waals surface area (Å²) in [5.41, 5.74) is 0.395. The highest BCUT2D eigenvalue weighted by atomic mass is 16.5. The lowest BCUT2D eigenvalue weighted by atomic mass is 9.76. The molecule has 0 spiro atoms. The van der Waals surface area contributed by atoms with Crippen LogP contribution in [0.3, 0.4) is 0 Å². The quantitative estimate of drug-likeness (QED) is 0.493. The number of hydrogen-bond donors (Lipinski definition) is 1. The van der Waals surface area contributed by atoms with Gasteiger partial charge in [0.15, 0.2) is 0 Å². The monoisotopic (exact) mass is 297 g/mol. The molecule has 1 aliphatic rings. The minimum Gasteiger partial charge on any atom is -0.378 e. The Kier molecular flexibility index (Phi) is 9.59. The highest BCUT2D eigenvalue weighted by molar-refractivity contribution is 4.91. The fourth-order valence-corrected chi connectivity index (χ4v) is 3.49. The molecule has 0 bridgehead atoms. The van der Waals surface area contributed by atoms with Gasteiger partial charge in [-0.25, -0.2) is 0 Å². The van der Waals surface area contributed by atoms with Crippen LogP contribution in [0.1, 0.15) is 91.9 Å². The number of nitrogens with one attached hydrogen (secondary N) is 1. The van der Waals surface area contributed by atoms with Crippen LogP contribution in [-0.4, -0.2) is 25.3 Å². The van der Waals surface area contributed by atoms with Crippen LogP contribution in [0.5, 0.6) is 0 Å². The SMILES string of the molecule is CCCCCCCCCCC1(CNC(C)C)CCOC1C. The van der Waals surface area contributed by atoms with Crippen LogP contribution in [0, 0.1) is 5.41 Å². The number of unbranched alkanes of at least 4 members (excludes halogenated alkanes) is 7. The third-order valence-electron chi connectivity index (χ3n) is 5.22. The van der Waals surface area contributed by atoms with Gasteiger partial charge < -0.3 is 10.1 Å². The Morgan fingerprint density at radius 3 is 2.19 bits per heavy atom. The van der Waals surface area contributed by atoms with E-state index >= 15 is 0 Å². The molecule has 1 saturated heterocycles. The molecule has 21 heavy (non-hydrogen) atoms. The summed E-state index contributed by atoms with van der Waals surface area (Å²) in [4.78, 5) is 0. The van der Waals surface area contributed by atoms with Crippen LogP contribution in [0.4, 0.5) is 0 Å². The number of rotatable bonds is 12. The lowest BCUT2D eigenvalue weighted by Gasteiger charge is -2.33. The molecule has 1 N–H and O–H groups in total. The lowest BCUT2D eigenvalue weighted by molar-refractivity contribution is 0.0560. The molecule has 2 nitrogen and oxygen atoms in total. The van der Waals surface area contributed by atoms with Crippen LogP contribution < -0.4 is 5.32 Å². The van der Waals surface area contributed by atoms with Crippen molar-refractivity contribution in [3.8, 4) is 0 Å². The van der Waals surface area contributed by atoms with Crippen LogP contribution in [0.2, 0.25) is 0 Å². The van der Waals surface area contributed by atoms with Gasteiger partial charge in [0.05, 0.1) is 6.10 Å². The van der Waals surface area contributed by atoms with Gasteiger partial charge in [0.1, 0.15) is 0 Å². The Bertz CT molecular complexity index is 254. The summed E-state index contributed by atoms with van der Waals surface area (Å²) in [6, 6.07) is 0.577. The second-order valence-electron chi connectivity index (χ2n) is 7.39. The molecule has 2 atom stereocenters. The van der Waals surface area contributed by atoms with Gasteiger partial charge in [-0.15, -0.1) is 0 Å². The molecule has 0 saturated carbocycles. The molecular weight excluding hydrogens is 258 g/mol. The van der Waals surface area contributed by atoms with Crippen molar-refractivity contribution in [3.63, 3.8) is 0 Å². The maximum atomic E-state index is 5.88. The second-order valence-corrected chi connectivity index (χ2v) is 7.39. The smallest absolute Gasteiger partial charge is 0.0616 e. The van der Waals surface area contributed by atoms with Gasteiger partial charge in [0.25, 0.3) is 0 Å². The summed E-state index contributed by atoms with van der Waals surface area (Å²) >= 11 is 0. The molecule has 126 valence electrons. The highest BCUT2D eigenvalue weighted by Crippen LogP contribution is 2.39. The molecule has 0 aromatic carbocycles. The lowest BCUT2D eigenvalue weighted by Crippen LogP contribution is -2.41. The maximum absolute atomic E-state index is 5.88. The maximum Gasteiger partial charge on any atom is 0.0616 e. The van der Waals surface area contributed by atoms with E-state index in [-0.39, 0.29) is 0 Å². The minimum atomic E-state index is 0.395. The van der Waals surface area contributed by atoms with E-state index < -0.39 is 0 Å².